The first kappa shape index (κ1) is 19.6. The SMILES string of the molecule is NC(=O)c1ccc2c(c1)[nH]c(=S)n2CC1OC(n2cnc3c(N)ncnc32)[C@H](O)[C@@H]1O. The Labute approximate surface area is 179 Å². The molecule has 7 N–H and O–H groups in total. The van der Waals surface area contributed by atoms with E-state index in [1.165, 1.54) is 17.2 Å². The summed E-state index contributed by atoms with van der Waals surface area (Å²) < 4.78 is 9.59. The number of ether oxygens (including phenoxy) is 1. The van der Waals surface area contributed by atoms with E-state index in [0.717, 1.165) is 0 Å². The van der Waals surface area contributed by atoms with Crippen molar-refractivity contribution in [3.8, 4) is 0 Å². The maximum absolute atomic E-state index is 11.4. The summed E-state index contributed by atoms with van der Waals surface area (Å²) in [6.07, 6.45) is -1.42. The Balaban J connectivity index is 1.47. The van der Waals surface area contributed by atoms with Gasteiger partial charge in [-0.1, -0.05) is 0 Å². The molecule has 0 spiro atoms. The lowest BCUT2D eigenvalue weighted by molar-refractivity contribution is -0.0391. The molecule has 0 aliphatic carbocycles. The Morgan fingerprint density at radius 3 is 2.84 bits per heavy atom. The van der Waals surface area contributed by atoms with Gasteiger partial charge < -0.3 is 36.0 Å². The maximum Gasteiger partial charge on any atom is 0.248 e. The molecule has 0 saturated carbocycles. The zero-order chi connectivity index (χ0) is 21.9. The molecule has 0 bridgehead atoms. The lowest BCUT2D eigenvalue weighted by Crippen LogP contribution is -2.33. The lowest BCUT2D eigenvalue weighted by atomic mass is 10.1. The molecule has 0 radical (unpaired) electrons. The molecule has 160 valence electrons. The van der Waals surface area contributed by atoms with Gasteiger partial charge in [0.2, 0.25) is 5.91 Å². The third kappa shape index (κ3) is 3.06. The quantitative estimate of drug-likeness (QED) is 0.268. The topological polar surface area (TPSA) is 183 Å². The number of primary amides is 1. The summed E-state index contributed by atoms with van der Waals surface area (Å²) >= 11 is 5.40. The number of carbonyl (C=O) groups is 1. The van der Waals surface area contributed by atoms with E-state index in [1.54, 1.807) is 22.8 Å². The summed E-state index contributed by atoms with van der Waals surface area (Å²) in [5.74, 6) is -0.347. The number of hydrogen-bond donors (Lipinski definition) is 5. The molecule has 31 heavy (non-hydrogen) atoms. The third-order valence-electron chi connectivity index (χ3n) is 5.42. The van der Waals surface area contributed by atoms with Gasteiger partial charge in [-0.05, 0) is 30.4 Å². The minimum atomic E-state index is -1.24. The van der Waals surface area contributed by atoms with Crippen LogP contribution in [-0.4, -0.2) is 63.5 Å². The molecule has 1 aliphatic rings. The van der Waals surface area contributed by atoms with Gasteiger partial charge in [-0.2, -0.15) is 0 Å². The Bertz CT molecular complexity index is 1380. The van der Waals surface area contributed by atoms with Crippen LogP contribution in [0.2, 0.25) is 0 Å². The maximum atomic E-state index is 11.4. The van der Waals surface area contributed by atoms with E-state index < -0.39 is 30.4 Å². The highest BCUT2D eigenvalue weighted by molar-refractivity contribution is 7.71. The lowest BCUT2D eigenvalue weighted by Gasteiger charge is -2.16. The van der Waals surface area contributed by atoms with Crippen LogP contribution in [0.3, 0.4) is 0 Å². The van der Waals surface area contributed by atoms with E-state index in [2.05, 4.69) is 19.9 Å². The van der Waals surface area contributed by atoms with Gasteiger partial charge in [-0.15, -0.1) is 0 Å². The van der Waals surface area contributed by atoms with Crippen molar-refractivity contribution in [2.24, 2.45) is 5.73 Å². The van der Waals surface area contributed by atoms with E-state index in [-0.39, 0.29) is 12.4 Å². The first-order valence-corrected chi connectivity index (χ1v) is 9.73. The van der Waals surface area contributed by atoms with Crippen LogP contribution in [0.25, 0.3) is 22.2 Å². The van der Waals surface area contributed by atoms with E-state index in [9.17, 15) is 15.0 Å². The molecule has 4 heterocycles. The van der Waals surface area contributed by atoms with Gasteiger partial charge in [0.1, 0.15) is 30.2 Å². The Morgan fingerprint density at radius 1 is 1.26 bits per heavy atom. The molecule has 5 rings (SSSR count). The minimum Gasteiger partial charge on any atom is -0.387 e. The molecule has 4 atom stereocenters. The van der Waals surface area contributed by atoms with Crippen LogP contribution in [-0.2, 0) is 11.3 Å². The number of amides is 1. The van der Waals surface area contributed by atoms with Gasteiger partial charge in [-0.25, -0.2) is 15.0 Å². The Morgan fingerprint density at radius 2 is 2.06 bits per heavy atom. The molecular formula is C18H18N8O4S. The fourth-order valence-corrected chi connectivity index (χ4v) is 4.13. The van der Waals surface area contributed by atoms with E-state index in [4.69, 9.17) is 28.4 Å². The van der Waals surface area contributed by atoms with Crippen LogP contribution in [0.1, 0.15) is 16.6 Å². The highest BCUT2D eigenvalue weighted by Gasteiger charge is 2.44. The van der Waals surface area contributed by atoms with Crippen LogP contribution in [0.5, 0.6) is 0 Å². The smallest absolute Gasteiger partial charge is 0.248 e. The summed E-state index contributed by atoms with van der Waals surface area (Å²) in [6, 6.07) is 4.91. The Kier molecular flexibility index (Phi) is 4.48. The number of aromatic amines is 1. The number of aliphatic hydroxyl groups is 2. The highest BCUT2D eigenvalue weighted by Crippen LogP contribution is 2.33. The largest absolute Gasteiger partial charge is 0.387 e. The van der Waals surface area contributed by atoms with Crippen molar-refractivity contribution in [1.29, 1.82) is 0 Å². The number of nitrogens with zero attached hydrogens (tertiary/aromatic N) is 5. The van der Waals surface area contributed by atoms with Crippen molar-refractivity contribution in [2.45, 2.75) is 31.1 Å². The summed E-state index contributed by atoms with van der Waals surface area (Å²) in [4.78, 5) is 26.7. The van der Waals surface area contributed by atoms with Gasteiger partial charge >= 0.3 is 0 Å². The number of fused-ring (bicyclic) bond motifs is 2. The second-order valence-corrected chi connectivity index (χ2v) is 7.65. The normalized spacial score (nSPS) is 23.7. The molecule has 1 amide bonds. The first-order chi connectivity index (χ1) is 14.8. The molecule has 2 unspecified atom stereocenters. The van der Waals surface area contributed by atoms with Gasteiger partial charge in [0.25, 0.3) is 0 Å². The molecule has 1 aliphatic heterocycles. The van der Waals surface area contributed by atoms with Crippen LogP contribution >= 0.6 is 12.2 Å². The average molecular weight is 442 g/mol. The average Bonchev–Trinajstić information content (AvgIpc) is 3.38. The molecule has 13 heteroatoms. The summed E-state index contributed by atoms with van der Waals surface area (Å²) in [7, 11) is 0. The van der Waals surface area contributed by atoms with Crippen molar-refractivity contribution in [3.63, 3.8) is 0 Å². The van der Waals surface area contributed by atoms with Crippen LogP contribution in [0, 0.1) is 4.77 Å². The van der Waals surface area contributed by atoms with Crippen molar-refractivity contribution >= 4 is 46.1 Å². The fourth-order valence-electron chi connectivity index (χ4n) is 3.84. The van der Waals surface area contributed by atoms with Crippen molar-refractivity contribution in [3.05, 3.63) is 41.2 Å². The predicted molar refractivity (Wildman–Crippen MR) is 111 cm³/mol. The number of nitrogen functional groups attached to an aromatic ring is 1. The third-order valence-corrected chi connectivity index (χ3v) is 5.74. The zero-order valence-corrected chi connectivity index (χ0v) is 16.7. The number of hydrogen-bond acceptors (Lipinski definition) is 9. The number of benzene rings is 1. The number of carbonyl (C=O) groups excluding carboxylic acids is 1. The standard InChI is InChI=1S/C18H18N8O4S/c19-14-11-16(22-5-21-14)26(6-23-11)17-13(28)12(27)10(30-17)4-25-9-2-1-7(15(20)29)3-8(9)24-18(25)31/h1-3,5-6,10,12-13,17,27-28H,4H2,(H2,20,29)(H,24,31)(H2,19,21,22)/t10?,12-,13-,17?/m1/s1. The summed E-state index contributed by atoms with van der Waals surface area (Å²) in [5, 5.41) is 21.3. The van der Waals surface area contributed by atoms with Crippen molar-refractivity contribution < 1.29 is 19.7 Å². The molecule has 1 saturated heterocycles. The summed E-state index contributed by atoms with van der Waals surface area (Å²) in [6.45, 7) is 0.160. The summed E-state index contributed by atoms with van der Waals surface area (Å²) in [5.41, 5.74) is 13.6. The van der Waals surface area contributed by atoms with Crippen LogP contribution < -0.4 is 11.5 Å². The number of rotatable bonds is 4. The number of H-pyrrole nitrogens is 1. The number of nitrogens with two attached hydrogens (primary N) is 2. The molecule has 12 nitrogen and oxygen atoms in total. The van der Waals surface area contributed by atoms with E-state index in [1.807, 2.05) is 0 Å². The molecule has 3 aromatic heterocycles. The number of imidazole rings is 2. The zero-order valence-electron chi connectivity index (χ0n) is 15.9. The second kappa shape index (κ2) is 7.09. The number of nitrogens with one attached hydrogen (secondary N) is 1. The first-order valence-electron chi connectivity index (χ1n) is 9.32. The molecular weight excluding hydrogens is 424 g/mol. The van der Waals surface area contributed by atoms with Gasteiger partial charge in [-0.3, -0.25) is 9.36 Å². The minimum absolute atomic E-state index is 0.160. The molecule has 1 aromatic carbocycles. The molecule has 4 aromatic rings. The number of aromatic nitrogens is 6. The number of aliphatic hydroxyl groups excluding tert-OH is 2. The van der Waals surface area contributed by atoms with Crippen LogP contribution in [0.15, 0.2) is 30.9 Å². The van der Waals surface area contributed by atoms with Crippen molar-refractivity contribution in [1.82, 2.24) is 29.1 Å². The highest BCUT2D eigenvalue weighted by atomic mass is 32.1. The number of anilines is 1. The van der Waals surface area contributed by atoms with Gasteiger partial charge in [0, 0.05) is 5.56 Å². The molecule has 1 fully saturated rings. The second-order valence-electron chi connectivity index (χ2n) is 7.27. The van der Waals surface area contributed by atoms with Crippen LogP contribution in [0.4, 0.5) is 5.82 Å². The fraction of sp³-hybridized carbons (Fsp3) is 0.278. The van der Waals surface area contributed by atoms with E-state index >= 15 is 0 Å². The van der Waals surface area contributed by atoms with Gasteiger partial charge in [0.15, 0.2) is 22.5 Å². The van der Waals surface area contributed by atoms with Gasteiger partial charge in [0.05, 0.1) is 23.9 Å². The monoisotopic (exact) mass is 442 g/mol. The Hall–Kier alpha value is -3.39. The van der Waals surface area contributed by atoms with Crippen molar-refractivity contribution in [2.75, 3.05) is 5.73 Å². The van der Waals surface area contributed by atoms with E-state index in [0.29, 0.717) is 32.5 Å². The predicted octanol–water partition coefficient (Wildman–Crippen LogP) is -0.161.